The summed E-state index contributed by atoms with van der Waals surface area (Å²) in [6.07, 6.45) is -1.35. The van der Waals surface area contributed by atoms with Gasteiger partial charge < -0.3 is 30.5 Å². The van der Waals surface area contributed by atoms with Crippen molar-refractivity contribution in [2.75, 3.05) is 33.3 Å². The number of halogens is 1. The van der Waals surface area contributed by atoms with Crippen LogP contribution in [-0.2, 0) is 16.9 Å². The second-order valence-corrected chi connectivity index (χ2v) is 10.5. The van der Waals surface area contributed by atoms with Gasteiger partial charge in [0.25, 0.3) is 5.91 Å². The Kier molecular flexibility index (Phi) is 9.81. The van der Waals surface area contributed by atoms with Gasteiger partial charge in [-0.15, -0.1) is 0 Å². The van der Waals surface area contributed by atoms with E-state index in [1.807, 2.05) is 68.6 Å². The predicted octanol–water partition coefficient (Wildman–Crippen LogP) is 4.81. The molecule has 3 aromatic carbocycles. The van der Waals surface area contributed by atoms with Crippen molar-refractivity contribution >= 4 is 23.6 Å². The van der Waals surface area contributed by atoms with E-state index in [1.54, 1.807) is 17.0 Å². The number of aliphatic hydroxyl groups is 1. The zero-order chi connectivity index (χ0) is 28.7. The van der Waals surface area contributed by atoms with Crippen molar-refractivity contribution in [3.05, 3.63) is 94.0 Å². The van der Waals surface area contributed by atoms with Crippen molar-refractivity contribution in [2.24, 2.45) is 0 Å². The molecule has 212 valence electrons. The molecule has 0 spiro atoms. The zero-order valence-electron chi connectivity index (χ0n) is 22.8. The molecule has 1 fully saturated rings. The molecule has 2 amide bonds. The highest BCUT2D eigenvalue weighted by Gasteiger charge is 2.44. The van der Waals surface area contributed by atoms with E-state index in [2.05, 4.69) is 10.6 Å². The first-order chi connectivity index (χ1) is 19.2. The van der Waals surface area contributed by atoms with Gasteiger partial charge in [-0.3, -0.25) is 4.79 Å². The molecule has 40 heavy (non-hydrogen) atoms. The van der Waals surface area contributed by atoms with Gasteiger partial charge in [0.05, 0.1) is 13.2 Å². The number of carbonyl (C=O) groups is 2. The fourth-order valence-electron chi connectivity index (χ4n) is 5.28. The topological polar surface area (TPSA) is 111 Å². The maximum Gasteiger partial charge on any atom is 0.404 e. The van der Waals surface area contributed by atoms with E-state index in [9.17, 15) is 14.7 Å². The van der Waals surface area contributed by atoms with Gasteiger partial charge in [0, 0.05) is 35.8 Å². The number of nitrogens with one attached hydrogen (secondary N) is 2. The van der Waals surface area contributed by atoms with Crippen LogP contribution in [0.15, 0.2) is 66.7 Å². The Labute approximate surface area is 239 Å². The number of benzene rings is 3. The lowest BCUT2D eigenvalue weighted by molar-refractivity contribution is -0.146. The molecule has 8 nitrogen and oxygen atoms in total. The van der Waals surface area contributed by atoms with Gasteiger partial charge in [-0.1, -0.05) is 65.7 Å². The summed E-state index contributed by atoms with van der Waals surface area (Å²) in [6.45, 7) is 3.67. The van der Waals surface area contributed by atoms with Crippen molar-refractivity contribution in [1.82, 2.24) is 15.5 Å². The number of hydrogen-bond donors (Lipinski definition) is 4. The lowest BCUT2D eigenvalue weighted by Gasteiger charge is -2.43. The average molecular weight is 566 g/mol. The van der Waals surface area contributed by atoms with E-state index in [0.29, 0.717) is 41.2 Å². The molecule has 1 aliphatic heterocycles. The summed E-state index contributed by atoms with van der Waals surface area (Å²) < 4.78 is 6.17. The summed E-state index contributed by atoms with van der Waals surface area (Å²) in [6, 6.07) is 20.8. The molecule has 0 saturated carbocycles. The first-order valence-corrected chi connectivity index (χ1v) is 13.8. The highest BCUT2D eigenvalue weighted by Crippen LogP contribution is 2.42. The number of amides is 2. The summed E-state index contributed by atoms with van der Waals surface area (Å²) in [7, 11) is 1.87. The van der Waals surface area contributed by atoms with Crippen molar-refractivity contribution in [3.8, 4) is 11.1 Å². The number of aryl methyl sites for hydroxylation is 1. The number of hydrogen-bond acceptors (Lipinski definition) is 5. The Morgan fingerprint density at radius 1 is 1.12 bits per heavy atom. The molecule has 1 saturated heterocycles. The summed E-state index contributed by atoms with van der Waals surface area (Å²) in [5.41, 5.74) is 3.26. The average Bonchev–Trinajstić information content (AvgIpc) is 2.95. The van der Waals surface area contributed by atoms with Crippen LogP contribution in [0.2, 0.25) is 5.02 Å². The van der Waals surface area contributed by atoms with Crippen molar-refractivity contribution in [2.45, 2.75) is 38.0 Å². The third-order valence-electron chi connectivity index (χ3n) is 7.27. The number of rotatable bonds is 10. The van der Waals surface area contributed by atoms with Gasteiger partial charge in [-0.25, -0.2) is 4.79 Å². The molecule has 1 aliphatic rings. The number of ether oxygens (including phenoxy) is 1. The minimum Gasteiger partial charge on any atom is -0.465 e. The van der Waals surface area contributed by atoms with E-state index in [-0.39, 0.29) is 32.0 Å². The molecular weight excluding hydrogens is 530 g/mol. The first-order valence-electron chi connectivity index (χ1n) is 13.4. The second-order valence-electron chi connectivity index (χ2n) is 10.1. The molecule has 0 bridgehead atoms. The number of carboxylic acid groups (broad SMARTS) is 1. The Morgan fingerprint density at radius 3 is 2.58 bits per heavy atom. The monoisotopic (exact) mass is 565 g/mol. The van der Waals surface area contributed by atoms with Crippen LogP contribution in [0.4, 0.5) is 4.79 Å². The van der Waals surface area contributed by atoms with Gasteiger partial charge in [0.15, 0.2) is 0 Å². The second kappa shape index (κ2) is 13.3. The third-order valence-corrected chi connectivity index (χ3v) is 7.58. The fraction of sp³-hybridized carbons (Fsp3) is 0.355. The van der Waals surface area contributed by atoms with E-state index in [1.165, 1.54) is 0 Å². The van der Waals surface area contributed by atoms with Crippen LogP contribution >= 0.6 is 11.6 Å². The fourth-order valence-corrected chi connectivity index (χ4v) is 5.56. The maximum absolute atomic E-state index is 13.5. The standard InChI is InChI=1S/C31H36ClN3O5/c1-21-6-3-7-24(18-21)28-25(8-4-9-26(28)32)31(39,14-5-15-34-30(37)38)27-20-35(16-17-40-27)29(36)23-12-10-22(11-13-23)19-33-2/h3-4,6-13,18,27,33-34,39H,5,14-17,19-20H2,1-2H3,(H,37,38)/t27-,31-/m1/s1. The van der Waals surface area contributed by atoms with E-state index in [0.717, 1.165) is 16.7 Å². The minimum absolute atomic E-state index is 0.135. The van der Waals surface area contributed by atoms with E-state index < -0.39 is 17.8 Å². The molecule has 2 atom stereocenters. The van der Waals surface area contributed by atoms with E-state index >= 15 is 0 Å². The van der Waals surface area contributed by atoms with Gasteiger partial charge in [-0.05, 0) is 61.7 Å². The summed E-state index contributed by atoms with van der Waals surface area (Å²) in [5, 5.41) is 27.5. The van der Waals surface area contributed by atoms with Crippen molar-refractivity contribution < 1.29 is 24.5 Å². The molecule has 1 heterocycles. The maximum atomic E-state index is 13.5. The summed E-state index contributed by atoms with van der Waals surface area (Å²) in [5.74, 6) is -0.135. The number of morpholine rings is 1. The minimum atomic E-state index is -1.56. The van der Waals surface area contributed by atoms with Crippen molar-refractivity contribution in [1.29, 1.82) is 0 Å². The van der Waals surface area contributed by atoms with Crippen LogP contribution in [0.25, 0.3) is 11.1 Å². The Hall–Kier alpha value is -3.43. The predicted molar refractivity (Wildman–Crippen MR) is 156 cm³/mol. The Bertz CT molecular complexity index is 1330. The van der Waals surface area contributed by atoms with Crippen LogP contribution < -0.4 is 10.6 Å². The quantitative estimate of drug-likeness (QED) is 0.263. The van der Waals surface area contributed by atoms with Gasteiger partial charge in [0.1, 0.15) is 11.7 Å². The van der Waals surface area contributed by atoms with Gasteiger partial charge >= 0.3 is 6.09 Å². The highest BCUT2D eigenvalue weighted by molar-refractivity contribution is 6.33. The van der Waals surface area contributed by atoms with Crippen LogP contribution in [0.1, 0.15) is 39.9 Å². The Morgan fingerprint density at radius 2 is 1.88 bits per heavy atom. The lowest BCUT2D eigenvalue weighted by Crippen LogP contribution is -2.54. The largest absolute Gasteiger partial charge is 0.465 e. The smallest absolute Gasteiger partial charge is 0.404 e. The van der Waals surface area contributed by atoms with E-state index in [4.69, 9.17) is 21.4 Å². The van der Waals surface area contributed by atoms with Crippen LogP contribution in [0.3, 0.4) is 0 Å². The third kappa shape index (κ3) is 6.82. The molecule has 0 aromatic heterocycles. The highest BCUT2D eigenvalue weighted by atomic mass is 35.5. The van der Waals surface area contributed by atoms with Gasteiger partial charge in [0.2, 0.25) is 0 Å². The van der Waals surface area contributed by atoms with Crippen molar-refractivity contribution in [3.63, 3.8) is 0 Å². The molecular formula is C31H36ClN3O5. The number of carbonyl (C=O) groups excluding carboxylic acids is 1. The molecule has 0 radical (unpaired) electrons. The SMILES string of the molecule is CNCc1ccc(C(=O)N2CCO[C@@H]([C@@](O)(CCCNC(=O)O)c3cccc(Cl)c3-c3cccc(C)c3)C2)cc1. The van der Waals surface area contributed by atoms with Crippen LogP contribution in [0.5, 0.6) is 0 Å². The lowest BCUT2D eigenvalue weighted by atomic mass is 9.79. The molecule has 4 N–H and O–H groups in total. The molecule has 0 unspecified atom stereocenters. The molecule has 3 aromatic rings. The molecule has 0 aliphatic carbocycles. The molecule has 9 heteroatoms. The summed E-state index contributed by atoms with van der Waals surface area (Å²) in [4.78, 5) is 26.2. The number of nitrogens with zero attached hydrogens (tertiary/aromatic N) is 1. The van der Waals surface area contributed by atoms with Crippen LogP contribution in [-0.4, -0.2) is 66.5 Å². The summed E-state index contributed by atoms with van der Waals surface area (Å²) >= 11 is 6.75. The first kappa shape index (κ1) is 29.6. The molecule has 4 rings (SSSR count). The van der Waals surface area contributed by atoms with Gasteiger partial charge in [-0.2, -0.15) is 0 Å². The Balaban J connectivity index is 1.68. The van der Waals surface area contributed by atoms with Crippen LogP contribution in [0, 0.1) is 6.92 Å². The normalized spacial score (nSPS) is 16.8. The zero-order valence-corrected chi connectivity index (χ0v) is 23.6.